The van der Waals surface area contributed by atoms with Crippen LogP contribution in [0.5, 0.6) is 0 Å². The van der Waals surface area contributed by atoms with Crippen molar-refractivity contribution in [2.24, 2.45) is 4.99 Å². The first kappa shape index (κ1) is 21.5. The van der Waals surface area contributed by atoms with Gasteiger partial charge in [-0.05, 0) is 61.0 Å². The fourth-order valence-corrected chi connectivity index (χ4v) is 3.71. The number of aliphatic imine (C=N–C) groups is 1. The maximum Gasteiger partial charge on any atom is 0.321 e. The minimum Gasteiger partial charge on any atom is -0.465 e. The first-order valence-corrected chi connectivity index (χ1v) is 9.76. The molecule has 144 valence electrons. The summed E-state index contributed by atoms with van der Waals surface area (Å²) < 4.78 is 4.48. The number of carbonyl (C=O) groups excluding carboxylic acids is 1. The Hall–Kier alpha value is -2.84. The molecule has 0 aliphatic carbocycles. The van der Waals surface area contributed by atoms with Crippen molar-refractivity contribution < 1.29 is 9.53 Å². The molecule has 0 radical (unpaired) electrons. The second-order valence-corrected chi connectivity index (χ2v) is 8.34. The molecule has 0 amide bonds. The van der Waals surface area contributed by atoms with Crippen molar-refractivity contribution in [1.29, 1.82) is 5.26 Å². The van der Waals surface area contributed by atoms with Crippen molar-refractivity contribution in [1.82, 2.24) is 0 Å². The highest BCUT2D eigenvalue weighted by Crippen LogP contribution is 2.32. The molecule has 0 aliphatic heterocycles. The van der Waals surface area contributed by atoms with Crippen LogP contribution in [0.25, 0.3) is 12.2 Å². The van der Waals surface area contributed by atoms with Crippen LogP contribution in [0.3, 0.4) is 0 Å². The molecule has 0 fully saturated rings. The molecule has 0 saturated heterocycles. The van der Waals surface area contributed by atoms with Gasteiger partial charge in [0, 0.05) is 23.7 Å². The first-order valence-electron chi connectivity index (χ1n) is 8.94. The van der Waals surface area contributed by atoms with E-state index in [0.717, 1.165) is 26.5 Å². The van der Waals surface area contributed by atoms with E-state index >= 15 is 0 Å². The molecule has 0 N–H and O–H groups in total. The lowest BCUT2D eigenvalue weighted by atomic mass is 10.0. The zero-order valence-corrected chi connectivity index (χ0v) is 17.5. The predicted molar refractivity (Wildman–Crippen MR) is 116 cm³/mol. The van der Waals surface area contributed by atoms with Crippen LogP contribution in [0.2, 0.25) is 0 Å². The van der Waals surface area contributed by atoms with Crippen molar-refractivity contribution in [3.05, 3.63) is 64.0 Å². The highest BCUT2D eigenvalue weighted by atomic mass is 32.2. The normalized spacial score (nSPS) is 12.5. The molecule has 0 unspecified atom stereocenters. The molecule has 0 atom stereocenters. The third kappa shape index (κ3) is 5.11. The molecule has 4 nitrogen and oxygen atoms in total. The maximum atomic E-state index is 12.2. The fraction of sp³-hybridized carbons (Fsp3) is 0.261. The van der Waals surface area contributed by atoms with Crippen molar-refractivity contribution in [2.75, 3.05) is 13.7 Å². The summed E-state index contributed by atoms with van der Waals surface area (Å²) in [5.74, 6) is -0.244. The van der Waals surface area contributed by atoms with Gasteiger partial charge < -0.3 is 4.74 Å². The van der Waals surface area contributed by atoms with E-state index in [1.807, 2.05) is 44.2 Å². The summed E-state index contributed by atoms with van der Waals surface area (Å²) in [5.41, 5.74) is 2.46. The van der Waals surface area contributed by atoms with Crippen LogP contribution in [0, 0.1) is 11.3 Å². The molecule has 0 saturated carbocycles. The van der Waals surface area contributed by atoms with E-state index in [9.17, 15) is 4.79 Å². The zero-order chi connectivity index (χ0) is 20.7. The molecule has 2 rings (SSSR count). The van der Waals surface area contributed by atoms with Crippen molar-refractivity contribution in [2.45, 2.75) is 30.4 Å². The number of benzene rings is 2. The minimum absolute atomic E-state index is 0.244. The highest BCUT2D eigenvalue weighted by molar-refractivity contribution is 8.01. The van der Waals surface area contributed by atoms with E-state index in [1.165, 1.54) is 11.8 Å². The van der Waals surface area contributed by atoms with Crippen LogP contribution < -0.4 is 10.4 Å². The van der Waals surface area contributed by atoms with Gasteiger partial charge in [0.05, 0.1) is 18.2 Å². The van der Waals surface area contributed by atoms with E-state index in [1.54, 1.807) is 32.3 Å². The molecule has 0 heterocycles. The number of thioether (sulfide) groups is 1. The highest BCUT2D eigenvalue weighted by Gasteiger charge is 2.30. The number of esters is 1. The first-order chi connectivity index (χ1) is 13.3. The molecule has 0 aliphatic rings. The fourth-order valence-electron chi connectivity index (χ4n) is 2.66. The van der Waals surface area contributed by atoms with E-state index < -0.39 is 4.75 Å². The third-order valence-electron chi connectivity index (χ3n) is 4.09. The number of rotatable bonds is 6. The summed E-state index contributed by atoms with van der Waals surface area (Å²) in [5, 5.41) is 10.8. The summed E-state index contributed by atoms with van der Waals surface area (Å²) in [7, 11) is 1.72. The summed E-state index contributed by atoms with van der Waals surface area (Å²) in [6, 6.07) is 15.4. The minimum atomic E-state index is -0.705. The van der Waals surface area contributed by atoms with E-state index in [0.29, 0.717) is 12.2 Å². The van der Waals surface area contributed by atoms with Crippen molar-refractivity contribution in [3.63, 3.8) is 0 Å². The van der Waals surface area contributed by atoms with Gasteiger partial charge in [0.25, 0.3) is 0 Å². The Morgan fingerprint density at radius 2 is 1.96 bits per heavy atom. The molecule has 28 heavy (non-hydrogen) atoms. The predicted octanol–water partition coefficient (Wildman–Crippen LogP) is 3.30. The summed E-state index contributed by atoms with van der Waals surface area (Å²) in [6.45, 7) is 10.0. The topological polar surface area (TPSA) is 62.4 Å². The smallest absolute Gasteiger partial charge is 0.321 e. The average molecular weight is 393 g/mol. The monoisotopic (exact) mass is 392 g/mol. The summed E-state index contributed by atoms with van der Waals surface area (Å²) in [4.78, 5) is 17.4. The van der Waals surface area contributed by atoms with Gasteiger partial charge in [0.1, 0.15) is 4.75 Å². The molecule has 0 spiro atoms. The van der Waals surface area contributed by atoms with Crippen LogP contribution in [-0.2, 0) is 9.53 Å². The second kappa shape index (κ2) is 9.38. The molecule has 2 aromatic carbocycles. The van der Waals surface area contributed by atoms with Crippen molar-refractivity contribution in [3.8, 4) is 6.07 Å². The van der Waals surface area contributed by atoms with Gasteiger partial charge in [0.2, 0.25) is 0 Å². The van der Waals surface area contributed by atoms with E-state index in [2.05, 4.69) is 17.6 Å². The summed E-state index contributed by atoms with van der Waals surface area (Å²) >= 11 is 1.45. The zero-order valence-electron chi connectivity index (χ0n) is 16.7. The van der Waals surface area contributed by atoms with E-state index in [-0.39, 0.29) is 5.97 Å². The Bertz CT molecular complexity index is 1030. The molecule has 0 aromatic heterocycles. The lowest BCUT2D eigenvalue weighted by Crippen LogP contribution is -2.31. The Balaban J connectivity index is 2.58. The quantitative estimate of drug-likeness (QED) is 0.430. The molecule has 5 heteroatoms. The van der Waals surface area contributed by atoms with Crippen molar-refractivity contribution >= 4 is 36.1 Å². The maximum absolute atomic E-state index is 12.2. The van der Waals surface area contributed by atoms with Crippen LogP contribution >= 0.6 is 11.8 Å². The Kier molecular flexibility index (Phi) is 7.19. The molecular weight excluding hydrogens is 368 g/mol. The SMILES string of the molecule is C=c1ccc(SC(C)(C)C(=O)OCC)c/c1=C(/C=N\C)c1ccc(C#N)cc1. The Labute approximate surface area is 170 Å². The largest absolute Gasteiger partial charge is 0.465 e. The second-order valence-electron chi connectivity index (χ2n) is 6.64. The summed E-state index contributed by atoms with van der Waals surface area (Å²) in [6.07, 6.45) is 1.79. The Morgan fingerprint density at radius 1 is 1.29 bits per heavy atom. The average Bonchev–Trinajstić information content (AvgIpc) is 2.68. The van der Waals surface area contributed by atoms with E-state index in [4.69, 9.17) is 10.00 Å². The molecular formula is C23H24N2O2S. The Morgan fingerprint density at radius 3 is 2.54 bits per heavy atom. The third-order valence-corrected chi connectivity index (χ3v) is 5.26. The van der Waals surface area contributed by atoms with Crippen LogP contribution in [-0.4, -0.2) is 30.6 Å². The number of nitriles is 1. The number of nitrogens with zero attached hydrogens (tertiary/aromatic N) is 2. The van der Waals surface area contributed by atoms with Crippen LogP contribution in [0.1, 0.15) is 31.9 Å². The van der Waals surface area contributed by atoms with Gasteiger partial charge >= 0.3 is 5.97 Å². The lowest BCUT2D eigenvalue weighted by Gasteiger charge is -2.21. The van der Waals surface area contributed by atoms with Crippen LogP contribution in [0.15, 0.2) is 52.4 Å². The number of ether oxygens (including phenoxy) is 1. The lowest BCUT2D eigenvalue weighted by molar-refractivity contribution is -0.145. The van der Waals surface area contributed by atoms with Gasteiger partial charge in [-0.3, -0.25) is 9.79 Å². The standard InChI is InChI=1S/C23H24N2O2S/c1-6-27-22(26)23(3,4)28-19-12-7-16(2)20(13-19)21(15-25-5)18-10-8-17(14-24)9-11-18/h7-13,15H,2,6H2,1,3-5H3/b21-20+,25-15-. The van der Waals surface area contributed by atoms with Gasteiger partial charge in [-0.25, -0.2) is 0 Å². The molecule has 0 bridgehead atoms. The van der Waals surface area contributed by atoms with Gasteiger partial charge in [-0.2, -0.15) is 5.26 Å². The van der Waals surface area contributed by atoms with Gasteiger partial charge in [-0.15, -0.1) is 11.8 Å². The number of hydrogen-bond donors (Lipinski definition) is 0. The van der Waals surface area contributed by atoms with Gasteiger partial charge in [0.15, 0.2) is 0 Å². The number of hydrogen-bond acceptors (Lipinski definition) is 5. The molecule has 2 aromatic rings. The van der Waals surface area contributed by atoms with Gasteiger partial charge in [-0.1, -0.05) is 24.8 Å². The number of carbonyl (C=O) groups is 1. The van der Waals surface area contributed by atoms with Crippen LogP contribution in [0.4, 0.5) is 0 Å².